The van der Waals surface area contributed by atoms with E-state index in [1.165, 1.54) is 11.1 Å². The van der Waals surface area contributed by atoms with Gasteiger partial charge in [-0.3, -0.25) is 0 Å². The highest BCUT2D eigenvalue weighted by molar-refractivity contribution is 5.28. The van der Waals surface area contributed by atoms with Crippen LogP contribution in [0, 0.1) is 6.92 Å². The molecule has 2 heteroatoms. The van der Waals surface area contributed by atoms with E-state index >= 15 is 0 Å². The van der Waals surface area contributed by atoms with Crippen molar-refractivity contribution >= 4 is 0 Å². The Hall–Kier alpha value is -0.860. The van der Waals surface area contributed by atoms with Crippen LogP contribution in [-0.2, 0) is 4.74 Å². The van der Waals surface area contributed by atoms with Gasteiger partial charge in [-0.05, 0) is 44.4 Å². The lowest BCUT2D eigenvalue weighted by atomic mass is 10.0. The van der Waals surface area contributed by atoms with Gasteiger partial charge in [-0.2, -0.15) is 0 Å². The quantitative estimate of drug-likeness (QED) is 0.697. The highest BCUT2D eigenvalue weighted by Gasteiger charge is 2.05. The summed E-state index contributed by atoms with van der Waals surface area (Å²) in [5, 5.41) is 3.54. The Labute approximate surface area is 105 Å². The van der Waals surface area contributed by atoms with Crippen molar-refractivity contribution in [2.75, 3.05) is 19.8 Å². The molecule has 0 radical (unpaired) electrons. The maximum absolute atomic E-state index is 5.45. The molecule has 0 aliphatic carbocycles. The van der Waals surface area contributed by atoms with Crippen LogP contribution in [0.1, 0.15) is 43.9 Å². The molecule has 0 aliphatic heterocycles. The van der Waals surface area contributed by atoms with Gasteiger partial charge in [0.1, 0.15) is 0 Å². The van der Waals surface area contributed by atoms with Gasteiger partial charge in [0.25, 0.3) is 0 Å². The SMILES string of the molecule is CCCOCCCNC(C)c1ccccc1C. The average molecular weight is 235 g/mol. The number of rotatable bonds is 8. The van der Waals surface area contributed by atoms with E-state index in [0.29, 0.717) is 6.04 Å². The van der Waals surface area contributed by atoms with Crippen LogP contribution in [0.5, 0.6) is 0 Å². The van der Waals surface area contributed by atoms with Crippen molar-refractivity contribution in [2.45, 2.75) is 39.7 Å². The molecule has 0 spiro atoms. The van der Waals surface area contributed by atoms with E-state index in [9.17, 15) is 0 Å². The zero-order chi connectivity index (χ0) is 12.5. The maximum atomic E-state index is 5.45. The topological polar surface area (TPSA) is 21.3 Å². The van der Waals surface area contributed by atoms with E-state index in [2.05, 4.69) is 50.4 Å². The van der Waals surface area contributed by atoms with Gasteiger partial charge < -0.3 is 10.1 Å². The molecule has 17 heavy (non-hydrogen) atoms. The number of ether oxygens (including phenoxy) is 1. The standard InChI is InChI=1S/C15H25NO/c1-4-11-17-12-7-10-16-14(3)15-9-6-5-8-13(15)2/h5-6,8-9,14,16H,4,7,10-12H2,1-3H3. The first-order chi connectivity index (χ1) is 8.25. The summed E-state index contributed by atoms with van der Waals surface area (Å²) in [7, 11) is 0. The smallest absolute Gasteiger partial charge is 0.0478 e. The molecule has 0 amide bonds. The van der Waals surface area contributed by atoms with Crippen molar-refractivity contribution in [3.05, 3.63) is 35.4 Å². The van der Waals surface area contributed by atoms with Gasteiger partial charge in [0.2, 0.25) is 0 Å². The molecule has 0 heterocycles. The molecule has 0 bridgehead atoms. The van der Waals surface area contributed by atoms with Crippen LogP contribution in [0.2, 0.25) is 0 Å². The van der Waals surface area contributed by atoms with Gasteiger partial charge in [-0.15, -0.1) is 0 Å². The third-order valence-electron chi connectivity index (χ3n) is 2.92. The molecule has 0 saturated heterocycles. The lowest BCUT2D eigenvalue weighted by Crippen LogP contribution is -2.21. The maximum Gasteiger partial charge on any atom is 0.0478 e. The van der Waals surface area contributed by atoms with Gasteiger partial charge in [0, 0.05) is 19.3 Å². The first kappa shape index (κ1) is 14.2. The van der Waals surface area contributed by atoms with Gasteiger partial charge in [-0.1, -0.05) is 31.2 Å². The Balaban J connectivity index is 2.21. The summed E-state index contributed by atoms with van der Waals surface area (Å²) in [6.07, 6.45) is 2.18. The van der Waals surface area contributed by atoms with Crippen LogP contribution < -0.4 is 5.32 Å². The molecular weight excluding hydrogens is 210 g/mol. The molecule has 0 saturated carbocycles. The fourth-order valence-corrected chi connectivity index (χ4v) is 1.92. The predicted molar refractivity (Wildman–Crippen MR) is 73.3 cm³/mol. The monoisotopic (exact) mass is 235 g/mol. The molecule has 1 unspecified atom stereocenters. The number of hydrogen-bond donors (Lipinski definition) is 1. The molecule has 2 nitrogen and oxygen atoms in total. The number of hydrogen-bond acceptors (Lipinski definition) is 2. The van der Waals surface area contributed by atoms with Crippen molar-refractivity contribution in [3.63, 3.8) is 0 Å². The average Bonchev–Trinajstić information content (AvgIpc) is 2.34. The fourth-order valence-electron chi connectivity index (χ4n) is 1.92. The molecule has 1 aromatic carbocycles. The van der Waals surface area contributed by atoms with E-state index < -0.39 is 0 Å². The summed E-state index contributed by atoms with van der Waals surface area (Å²) in [6.45, 7) is 9.28. The molecular formula is C15H25NO. The minimum atomic E-state index is 0.419. The minimum absolute atomic E-state index is 0.419. The summed E-state index contributed by atoms with van der Waals surface area (Å²) >= 11 is 0. The first-order valence-electron chi connectivity index (χ1n) is 6.62. The highest BCUT2D eigenvalue weighted by atomic mass is 16.5. The highest BCUT2D eigenvalue weighted by Crippen LogP contribution is 2.16. The van der Waals surface area contributed by atoms with E-state index in [1.807, 2.05) is 0 Å². The third-order valence-corrected chi connectivity index (χ3v) is 2.92. The number of aryl methyl sites for hydroxylation is 1. The van der Waals surface area contributed by atoms with Crippen molar-refractivity contribution in [1.29, 1.82) is 0 Å². The largest absolute Gasteiger partial charge is 0.381 e. The fraction of sp³-hybridized carbons (Fsp3) is 0.600. The summed E-state index contributed by atoms with van der Waals surface area (Å²) in [5.41, 5.74) is 2.75. The van der Waals surface area contributed by atoms with E-state index in [-0.39, 0.29) is 0 Å². The molecule has 1 rings (SSSR count). The number of benzene rings is 1. The lowest BCUT2D eigenvalue weighted by Gasteiger charge is -2.16. The Bertz CT molecular complexity index is 312. The summed E-state index contributed by atoms with van der Waals surface area (Å²) in [5.74, 6) is 0. The van der Waals surface area contributed by atoms with Crippen LogP contribution in [0.4, 0.5) is 0 Å². The zero-order valence-corrected chi connectivity index (χ0v) is 11.3. The first-order valence-corrected chi connectivity index (χ1v) is 6.62. The van der Waals surface area contributed by atoms with E-state index in [4.69, 9.17) is 4.74 Å². The summed E-state index contributed by atoms with van der Waals surface area (Å²) in [6, 6.07) is 8.97. The second-order valence-corrected chi connectivity index (χ2v) is 4.50. The molecule has 96 valence electrons. The predicted octanol–water partition coefficient (Wildman–Crippen LogP) is 3.46. The molecule has 0 aromatic heterocycles. The van der Waals surface area contributed by atoms with E-state index in [1.54, 1.807) is 0 Å². The number of nitrogens with one attached hydrogen (secondary N) is 1. The van der Waals surface area contributed by atoms with Crippen LogP contribution in [0.25, 0.3) is 0 Å². The second-order valence-electron chi connectivity index (χ2n) is 4.50. The Morgan fingerprint density at radius 3 is 2.71 bits per heavy atom. The summed E-state index contributed by atoms with van der Waals surface area (Å²) in [4.78, 5) is 0. The molecule has 1 N–H and O–H groups in total. The third kappa shape index (κ3) is 5.33. The van der Waals surface area contributed by atoms with E-state index in [0.717, 1.165) is 32.6 Å². The molecule has 1 aromatic rings. The van der Waals surface area contributed by atoms with Crippen LogP contribution >= 0.6 is 0 Å². The zero-order valence-electron chi connectivity index (χ0n) is 11.3. The molecule has 1 atom stereocenters. The van der Waals surface area contributed by atoms with Crippen molar-refractivity contribution in [1.82, 2.24) is 5.32 Å². The Morgan fingerprint density at radius 2 is 2.00 bits per heavy atom. The Morgan fingerprint density at radius 1 is 1.24 bits per heavy atom. The van der Waals surface area contributed by atoms with Crippen molar-refractivity contribution < 1.29 is 4.74 Å². The normalized spacial score (nSPS) is 12.6. The molecule has 0 aliphatic rings. The van der Waals surface area contributed by atoms with Crippen molar-refractivity contribution in [3.8, 4) is 0 Å². The van der Waals surface area contributed by atoms with Gasteiger partial charge >= 0.3 is 0 Å². The summed E-state index contributed by atoms with van der Waals surface area (Å²) < 4.78 is 5.45. The Kier molecular flexibility index (Phi) is 6.90. The van der Waals surface area contributed by atoms with Gasteiger partial charge in [-0.25, -0.2) is 0 Å². The van der Waals surface area contributed by atoms with Gasteiger partial charge in [0.05, 0.1) is 0 Å². The van der Waals surface area contributed by atoms with Crippen LogP contribution in [0.3, 0.4) is 0 Å². The minimum Gasteiger partial charge on any atom is -0.381 e. The van der Waals surface area contributed by atoms with Crippen LogP contribution in [-0.4, -0.2) is 19.8 Å². The van der Waals surface area contributed by atoms with Gasteiger partial charge in [0.15, 0.2) is 0 Å². The second kappa shape index (κ2) is 8.26. The van der Waals surface area contributed by atoms with Crippen LogP contribution in [0.15, 0.2) is 24.3 Å². The molecule has 0 fully saturated rings. The van der Waals surface area contributed by atoms with Crippen molar-refractivity contribution in [2.24, 2.45) is 0 Å². The lowest BCUT2D eigenvalue weighted by molar-refractivity contribution is 0.132.